The van der Waals surface area contributed by atoms with Crippen LogP contribution in [0.1, 0.15) is 0 Å². The highest BCUT2D eigenvalue weighted by atomic mass is 35.5. The topological polar surface area (TPSA) is 106 Å². The standard InChI is InChI=1S/C15H16ClN3O5S2/c16-15-6-1-12(11-17-15)18-25(20,21)13-2-4-14(5-3-13)26(22,23)19-7-9-24-10-8-19/h1-6,11,18H,7-10H2. The summed E-state index contributed by atoms with van der Waals surface area (Å²) in [6.45, 7) is 1.22. The largest absolute Gasteiger partial charge is 0.379 e. The summed E-state index contributed by atoms with van der Waals surface area (Å²) in [7, 11) is -7.55. The zero-order valence-electron chi connectivity index (χ0n) is 13.5. The van der Waals surface area contributed by atoms with E-state index in [2.05, 4.69) is 9.71 Å². The van der Waals surface area contributed by atoms with Crippen molar-refractivity contribution in [2.45, 2.75) is 9.79 Å². The van der Waals surface area contributed by atoms with Gasteiger partial charge < -0.3 is 4.74 Å². The molecule has 1 N–H and O–H groups in total. The number of morpholine rings is 1. The Labute approximate surface area is 156 Å². The van der Waals surface area contributed by atoms with E-state index in [0.29, 0.717) is 13.2 Å². The van der Waals surface area contributed by atoms with E-state index in [1.807, 2.05) is 0 Å². The Balaban J connectivity index is 1.81. The molecule has 0 atom stereocenters. The molecule has 0 aliphatic carbocycles. The average molecular weight is 418 g/mol. The van der Waals surface area contributed by atoms with Crippen LogP contribution in [0.5, 0.6) is 0 Å². The highest BCUT2D eigenvalue weighted by Gasteiger charge is 2.26. The Morgan fingerprint density at radius 1 is 0.962 bits per heavy atom. The SMILES string of the molecule is O=S(=O)(Nc1ccc(Cl)nc1)c1ccc(S(=O)(=O)N2CCOCC2)cc1. The van der Waals surface area contributed by atoms with E-state index in [9.17, 15) is 16.8 Å². The van der Waals surface area contributed by atoms with Crippen molar-refractivity contribution in [1.29, 1.82) is 0 Å². The molecule has 0 amide bonds. The van der Waals surface area contributed by atoms with Gasteiger partial charge in [-0.3, -0.25) is 4.72 Å². The molecule has 0 saturated carbocycles. The zero-order valence-corrected chi connectivity index (χ0v) is 15.9. The number of rotatable bonds is 5. The van der Waals surface area contributed by atoms with E-state index in [4.69, 9.17) is 16.3 Å². The molecule has 1 aromatic heterocycles. The van der Waals surface area contributed by atoms with Crippen LogP contribution < -0.4 is 4.72 Å². The molecule has 2 heterocycles. The predicted octanol–water partition coefficient (Wildman–Crippen LogP) is 1.56. The lowest BCUT2D eigenvalue weighted by molar-refractivity contribution is 0.0730. The molecule has 8 nitrogen and oxygen atoms in total. The van der Waals surface area contributed by atoms with Crippen molar-refractivity contribution in [1.82, 2.24) is 9.29 Å². The Kier molecular flexibility index (Phi) is 5.49. The molecule has 1 aliphatic heterocycles. The second kappa shape index (κ2) is 7.49. The highest BCUT2D eigenvalue weighted by Crippen LogP contribution is 2.21. The van der Waals surface area contributed by atoms with Crippen LogP contribution in [0.3, 0.4) is 0 Å². The van der Waals surface area contributed by atoms with Gasteiger partial charge in [0.05, 0.1) is 34.9 Å². The number of hydrogen-bond acceptors (Lipinski definition) is 6. The molecule has 2 aromatic rings. The maximum atomic E-state index is 12.6. The quantitative estimate of drug-likeness (QED) is 0.740. The predicted molar refractivity (Wildman–Crippen MR) is 96.1 cm³/mol. The summed E-state index contributed by atoms with van der Waals surface area (Å²) in [5, 5.41) is 0.241. The van der Waals surface area contributed by atoms with E-state index >= 15 is 0 Å². The van der Waals surface area contributed by atoms with Gasteiger partial charge in [0, 0.05) is 13.1 Å². The molecule has 3 rings (SSSR count). The molecular weight excluding hydrogens is 402 g/mol. The molecule has 0 radical (unpaired) electrons. The Morgan fingerprint density at radius 3 is 2.15 bits per heavy atom. The second-order valence-electron chi connectivity index (χ2n) is 5.46. The first-order valence-corrected chi connectivity index (χ1v) is 10.9. The molecule has 11 heteroatoms. The maximum absolute atomic E-state index is 12.6. The van der Waals surface area contributed by atoms with Crippen LogP contribution in [-0.4, -0.2) is 52.4 Å². The van der Waals surface area contributed by atoms with E-state index < -0.39 is 20.0 Å². The Morgan fingerprint density at radius 2 is 1.58 bits per heavy atom. The molecule has 1 aliphatic rings. The molecule has 26 heavy (non-hydrogen) atoms. The fourth-order valence-electron chi connectivity index (χ4n) is 2.38. The van der Waals surface area contributed by atoms with Crippen LogP contribution in [0, 0.1) is 0 Å². The summed E-state index contributed by atoms with van der Waals surface area (Å²) in [4.78, 5) is 3.77. The van der Waals surface area contributed by atoms with E-state index in [1.165, 1.54) is 46.9 Å². The summed E-state index contributed by atoms with van der Waals surface area (Å²) in [6, 6.07) is 7.98. The average Bonchev–Trinajstić information content (AvgIpc) is 2.64. The van der Waals surface area contributed by atoms with Crippen LogP contribution in [0.25, 0.3) is 0 Å². The molecular formula is C15H16ClN3O5S2. The summed E-state index contributed by atoms with van der Waals surface area (Å²) in [5.41, 5.74) is 0.249. The number of nitrogens with one attached hydrogen (secondary N) is 1. The minimum absolute atomic E-state index is 0.0338. The summed E-state index contributed by atoms with van der Waals surface area (Å²) in [6.07, 6.45) is 1.29. The molecule has 0 bridgehead atoms. The van der Waals surface area contributed by atoms with Crippen LogP contribution >= 0.6 is 11.6 Å². The van der Waals surface area contributed by atoms with Crippen LogP contribution in [0.4, 0.5) is 5.69 Å². The van der Waals surface area contributed by atoms with Crippen molar-refractivity contribution in [3.63, 3.8) is 0 Å². The van der Waals surface area contributed by atoms with Gasteiger partial charge in [0.25, 0.3) is 10.0 Å². The number of hydrogen-bond donors (Lipinski definition) is 1. The van der Waals surface area contributed by atoms with Crippen LogP contribution in [0.2, 0.25) is 5.15 Å². The van der Waals surface area contributed by atoms with Gasteiger partial charge in [0.15, 0.2) is 0 Å². The molecule has 0 spiro atoms. The highest BCUT2D eigenvalue weighted by molar-refractivity contribution is 7.92. The summed E-state index contributed by atoms with van der Waals surface area (Å²) in [5.74, 6) is 0. The van der Waals surface area contributed by atoms with Crippen molar-refractivity contribution in [2.24, 2.45) is 0 Å². The molecule has 1 fully saturated rings. The number of nitrogens with zero attached hydrogens (tertiary/aromatic N) is 2. The minimum atomic E-state index is -3.87. The van der Waals surface area contributed by atoms with E-state index in [-0.39, 0.29) is 33.7 Å². The van der Waals surface area contributed by atoms with Crippen molar-refractivity contribution < 1.29 is 21.6 Å². The summed E-state index contributed by atoms with van der Waals surface area (Å²) < 4.78 is 58.7. The first-order valence-electron chi connectivity index (χ1n) is 7.61. The molecule has 1 aromatic carbocycles. The fourth-order valence-corrected chi connectivity index (χ4v) is 4.94. The van der Waals surface area contributed by atoms with Gasteiger partial charge in [-0.1, -0.05) is 11.6 Å². The van der Waals surface area contributed by atoms with Crippen molar-refractivity contribution in [3.8, 4) is 0 Å². The molecule has 0 unspecified atom stereocenters. The maximum Gasteiger partial charge on any atom is 0.261 e. The van der Waals surface area contributed by atoms with Crippen LogP contribution in [0.15, 0.2) is 52.4 Å². The second-order valence-corrected chi connectivity index (χ2v) is 9.47. The summed E-state index contributed by atoms with van der Waals surface area (Å²) >= 11 is 5.67. The van der Waals surface area contributed by atoms with Gasteiger partial charge in [-0.25, -0.2) is 21.8 Å². The lowest BCUT2D eigenvalue weighted by Gasteiger charge is -2.26. The number of benzene rings is 1. The number of sulfonamides is 2. The third-order valence-electron chi connectivity index (χ3n) is 3.72. The number of anilines is 1. The van der Waals surface area contributed by atoms with Gasteiger partial charge in [-0.15, -0.1) is 0 Å². The number of pyridine rings is 1. The lowest BCUT2D eigenvalue weighted by atomic mass is 10.4. The monoisotopic (exact) mass is 417 g/mol. The first kappa shape index (κ1) is 19.1. The lowest BCUT2D eigenvalue weighted by Crippen LogP contribution is -2.40. The van der Waals surface area contributed by atoms with Crippen molar-refractivity contribution >= 4 is 37.3 Å². The van der Waals surface area contributed by atoms with Crippen LogP contribution in [-0.2, 0) is 24.8 Å². The van der Waals surface area contributed by atoms with Gasteiger partial charge in [0.2, 0.25) is 10.0 Å². The number of aromatic nitrogens is 1. The van der Waals surface area contributed by atoms with Gasteiger partial charge >= 0.3 is 0 Å². The normalized spacial score (nSPS) is 16.3. The fraction of sp³-hybridized carbons (Fsp3) is 0.267. The molecule has 1 saturated heterocycles. The van der Waals surface area contributed by atoms with Gasteiger partial charge in [-0.2, -0.15) is 4.31 Å². The van der Waals surface area contributed by atoms with Gasteiger partial charge in [-0.05, 0) is 36.4 Å². The third-order valence-corrected chi connectivity index (χ3v) is 7.26. The third kappa shape index (κ3) is 4.15. The van der Waals surface area contributed by atoms with Crippen molar-refractivity contribution in [2.75, 3.05) is 31.0 Å². The number of halogens is 1. The first-order chi connectivity index (χ1) is 12.3. The minimum Gasteiger partial charge on any atom is -0.379 e. The van der Waals surface area contributed by atoms with Gasteiger partial charge in [0.1, 0.15) is 5.15 Å². The van der Waals surface area contributed by atoms with Crippen molar-refractivity contribution in [3.05, 3.63) is 47.7 Å². The zero-order chi connectivity index (χ0) is 18.8. The molecule has 140 valence electrons. The van der Waals surface area contributed by atoms with E-state index in [1.54, 1.807) is 0 Å². The number of ether oxygens (including phenoxy) is 1. The van der Waals surface area contributed by atoms with E-state index in [0.717, 1.165) is 0 Å². The Hall–Kier alpha value is -1.72. The Bertz CT molecular complexity index is 971. The smallest absolute Gasteiger partial charge is 0.261 e.